The topological polar surface area (TPSA) is 66.4 Å². The van der Waals surface area contributed by atoms with E-state index in [0.29, 0.717) is 23.6 Å². The van der Waals surface area contributed by atoms with Crippen LogP contribution >= 0.6 is 11.8 Å². The van der Waals surface area contributed by atoms with E-state index in [1.165, 1.54) is 0 Å². The Bertz CT molecular complexity index is 448. The van der Waals surface area contributed by atoms with Crippen molar-refractivity contribution in [1.82, 2.24) is 5.32 Å². The summed E-state index contributed by atoms with van der Waals surface area (Å²) >= 11 is 1.74. The van der Waals surface area contributed by atoms with Gasteiger partial charge in [0.25, 0.3) is 5.91 Å². The van der Waals surface area contributed by atoms with Crippen LogP contribution in [0.1, 0.15) is 22.8 Å². The van der Waals surface area contributed by atoms with Gasteiger partial charge in [0.2, 0.25) is 0 Å². The number of hydrogen-bond acceptors (Lipinski definition) is 3. The lowest BCUT2D eigenvalue weighted by Crippen LogP contribution is -2.30. The second kappa shape index (κ2) is 7.84. The molecule has 104 valence electrons. The molecule has 5 heteroatoms. The lowest BCUT2D eigenvalue weighted by atomic mass is 10.0. The molecule has 1 unspecified atom stereocenters. The van der Waals surface area contributed by atoms with Gasteiger partial charge in [0, 0.05) is 12.1 Å². The van der Waals surface area contributed by atoms with Crippen molar-refractivity contribution < 1.29 is 14.7 Å². The second-order valence-corrected chi connectivity index (χ2v) is 5.41. The van der Waals surface area contributed by atoms with E-state index in [0.717, 1.165) is 5.75 Å². The highest BCUT2D eigenvalue weighted by Gasteiger charge is 2.13. The normalized spacial score (nSPS) is 11.9. The average Bonchev–Trinajstić information content (AvgIpc) is 2.36. The first-order chi connectivity index (χ1) is 9.04. The molecule has 1 aromatic carbocycles. The molecule has 2 N–H and O–H groups in total. The van der Waals surface area contributed by atoms with Crippen molar-refractivity contribution in [3.63, 3.8) is 0 Å². The first-order valence-corrected chi connectivity index (χ1v) is 7.50. The lowest BCUT2D eigenvalue weighted by molar-refractivity contribution is -0.136. The highest BCUT2D eigenvalue weighted by Crippen LogP contribution is 2.10. The third kappa shape index (κ3) is 5.34. The van der Waals surface area contributed by atoms with Crippen LogP contribution in [0.5, 0.6) is 0 Å². The molecule has 0 heterocycles. The Morgan fingerprint density at radius 3 is 2.68 bits per heavy atom. The summed E-state index contributed by atoms with van der Waals surface area (Å²) in [5, 5.41) is 11.7. The summed E-state index contributed by atoms with van der Waals surface area (Å²) in [6, 6.07) is 6.82. The molecule has 0 fully saturated rings. The van der Waals surface area contributed by atoms with Gasteiger partial charge in [0.1, 0.15) is 0 Å². The third-order valence-corrected chi connectivity index (χ3v) is 3.57. The first-order valence-electron chi connectivity index (χ1n) is 6.11. The van der Waals surface area contributed by atoms with Gasteiger partial charge in [0.15, 0.2) is 0 Å². The molecule has 0 aliphatic rings. The Morgan fingerprint density at radius 2 is 2.05 bits per heavy atom. The molecule has 0 radical (unpaired) electrons. The minimum Gasteiger partial charge on any atom is -0.481 e. The van der Waals surface area contributed by atoms with Crippen LogP contribution in [0.2, 0.25) is 0 Å². The Balaban J connectivity index is 2.68. The standard InChI is InChI=1S/C14H19NO3S/c1-10(9-19-2)8-15-14(18)12-6-4-3-5-11(12)7-13(16)17/h3-6,10H,7-9H2,1-2H3,(H,15,18)(H,16,17). The second-order valence-electron chi connectivity index (χ2n) is 4.50. The van der Waals surface area contributed by atoms with Crippen molar-refractivity contribution in [2.75, 3.05) is 18.6 Å². The monoisotopic (exact) mass is 281 g/mol. The van der Waals surface area contributed by atoms with Gasteiger partial charge in [-0.3, -0.25) is 9.59 Å². The quantitative estimate of drug-likeness (QED) is 0.802. The van der Waals surface area contributed by atoms with Crippen LogP contribution in [0.15, 0.2) is 24.3 Å². The molecule has 19 heavy (non-hydrogen) atoms. The van der Waals surface area contributed by atoms with Crippen LogP contribution in [0.4, 0.5) is 0 Å². The number of carbonyl (C=O) groups is 2. The van der Waals surface area contributed by atoms with Gasteiger partial charge in [-0.2, -0.15) is 11.8 Å². The molecular weight excluding hydrogens is 262 g/mol. The maximum atomic E-state index is 12.0. The molecule has 1 aromatic rings. The van der Waals surface area contributed by atoms with Crippen LogP contribution in [-0.4, -0.2) is 35.5 Å². The van der Waals surface area contributed by atoms with E-state index in [4.69, 9.17) is 5.11 Å². The molecule has 0 aliphatic carbocycles. The summed E-state index contributed by atoms with van der Waals surface area (Å²) in [6.07, 6.45) is 1.89. The molecule has 0 spiro atoms. The average molecular weight is 281 g/mol. The van der Waals surface area contributed by atoms with Crippen molar-refractivity contribution in [3.05, 3.63) is 35.4 Å². The van der Waals surface area contributed by atoms with Crippen LogP contribution in [0.3, 0.4) is 0 Å². The fraction of sp³-hybridized carbons (Fsp3) is 0.429. The number of carboxylic acid groups (broad SMARTS) is 1. The summed E-state index contributed by atoms with van der Waals surface area (Å²) in [7, 11) is 0. The molecule has 1 rings (SSSR count). The van der Waals surface area contributed by atoms with E-state index in [-0.39, 0.29) is 12.3 Å². The molecule has 0 saturated heterocycles. The van der Waals surface area contributed by atoms with Gasteiger partial charge in [-0.05, 0) is 29.6 Å². The summed E-state index contributed by atoms with van der Waals surface area (Å²) < 4.78 is 0. The minimum absolute atomic E-state index is 0.135. The van der Waals surface area contributed by atoms with Crippen molar-refractivity contribution >= 4 is 23.6 Å². The minimum atomic E-state index is -0.934. The Kier molecular flexibility index (Phi) is 6.42. The van der Waals surface area contributed by atoms with Gasteiger partial charge in [0.05, 0.1) is 6.42 Å². The maximum absolute atomic E-state index is 12.0. The van der Waals surface area contributed by atoms with Gasteiger partial charge in [-0.1, -0.05) is 25.1 Å². The van der Waals surface area contributed by atoms with E-state index in [2.05, 4.69) is 12.2 Å². The zero-order valence-electron chi connectivity index (χ0n) is 11.2. The fourth-order valence-corrected chi connectivity index (χ4v) is 2.45. The fourth-order valence-electron chi connectivity index (χ4n) is 1.76. The number of hydrogen-bond donors (Lipinski definition) is 2. The summed E-state index contributed by atoms with van der Waals surface area (Å²) in [5.74, 6) is 0.239. The van der Waals surface area contributed by atoms with E-state index in [9.17, 15) is 9.59 Å². The zero-order chi connectivity index (χ0) is 14.3. The largest absolute Gasteiger partial charge is 0.481 e. The molecule has 0 aliphatic heterocycles. The number of thioether (sulfide) groups is 1. The van der Waals surface area contributed by atoms with Crippen LogP contribution < -0.4 is 5.32 Å². The molecule has 1 amide bonds. The lowest BCUT2D eigenvalue weighted by Gasteiger charge is -2.12. The van der Waals surface area contributed by atoms with Crippen LogP contribution in [0.25, 0.3) is 0 Å². The van der Waals surface area contributed by atoms with Gasteiger partial charge in [-0.25, -0.2) is 0 Å². The molecule has 0 aromatic heterocycles. The Hall–Kier alpha value is -1.49. The predicted octanol–water partition coefficient (Wildman–Crippen LogP) is 2.04. The smallest absolute Gasteiger partial charge is 0.307 e. The molecule has 0 saturated carbocycles. The predicted molar refractivity (Wildman–Crippen MR) is 77.7 cm³/mol. The van der Waals surface area contributed by atoms with Crippen molar-refractivity contribution in [2.24, 2.45) is 5.92 Å². The first kappa shape index (κ1) is 15.6. The van der Waals surface area contributed by atoms with Gasteiger partial charge < -0.3 is 10.4 Å². The van der Waals surface area contributed by atoms with E-state index in [1.807, 2.05) is 6.26 Å². The molecular formula is C14H19NO3S. The summed E-state index contributed by atoms with van der Waals surface area (Å²) in [4.78, 5) is 22.8. The third-order valence-electron chi connectivity index (χ3n) is 2.67. The SMILES string of the molecule is CSCC(C)CNC(=O)c1ccccc1CC(=O)O. The number of amides is 1. The van der Waals surface area contributed by atoms with Gasteiger partial charge >= 0.3 is 5.97 Å². The highest BCUT2D eigenvalue weighted by atomic mass is 32.2. The summed E-state index contributed by atoms with van der Waals surface area (Å²) in [5.41, 5.74) is 0.992. The molecule has 1 atom stereocenters. The van der Waals surface area contributed by atoms with E-state index >= 15 is 0 Å². The summed E-state index contributed by atoms with van der Waals surface area (Å²) in [6.45, 7) is 2.67. The Morgan fingerprint density at radius 1 is 1.37 bits per heavy atom. The zero-order valence-corrected chi connectivity index (χ0v) is 12.0. The number of rotatable bonds is 7. The number of carboxylic acids is 1. The van der Waals surface area contributed by atoms with Crippen LogP contribution in [0, 0.1) is 5.92 Å². The van der Waals surface area contributed by atoms with Crippen LogP contribution in [-0.2, 0) is 11.2 Å². The van der Waals surface area contributed by atoms with Crippen molar-refractivity contribution in [3.8, 4) is 0 Å². The number of carbonyl (C=O) groups excluding carboxylic acids is 1. The highest BCUT2D eigenvalue weighted by molar-refractivity contribution is 7.98. The number of nitrogens with one attached hydrogen (secondary N) is 1. The van der Waals surface area contributed by atoms with Gasteiger partial charge in [-0.15, -0.1) is 0 Å². The number of benzene rings is 1. The van der Waals surface area contributed by atoms with Crippen molar-refractivity contribution in [1.29, 1.82) is 0 Å². The maximum Gasteiger partial charge on any atom is 0.307 e. The molecule has 4 nitrogen and oxygen atoms in total. The Labute approximate surface area is 117 Å². The molecule has 0 bridgehead atoms. The van der Waals surface area contributed by atoms with E-state index in [1.54, 1.807) is 36.0 Å². The van der Waals surface area contributed by atoms with Crippen molar-refractivity contribution in [2.45, 2.75) is 13.3 Å². The van der Waals surface area contributed by atoms with E-state index < -0.39 is 5.97 Å². The number of aliphatic carboxylic acids is 1.